The molecule has 2 heterocycles. The molecule has 0 atom stereocenters. The Bertz CT molecular complexity index is 758. The van der Waals surface area contributed by atoms with Crippen LogP contribution >= 0.6 is 11.6 Å². The summed E-state index contributed by atoms with van der Waals surface area (Å²) in [4.78, 5) is 7.80. The summed E-state index contributed by atoms with van der Waals surface area (Å²) in [6.45, 7) is 0. The Morgan fingerprint density at radius 2 is 2.11 bits per heavy atom. The molecule has 2 aromatic heterocycles. The highest BCUT2D eigenvalue weighted by Gasteiger charge is 2.11. The molecule has 19 heavy (non-hydrogen) atoms. The van der Waals surface area contributed by atoms with Crippen LogP contribution in [0.4, 0.5) is 20.3 Å². The van der Waals surface area contributed by atoms with Gasteiger partial charge >= 0.3 is 0 Å². The number of fused-ring (bicyclic) bond motifs is 1. The van der Waals surface area contributed by atoms with Crippen LogP contribution in [0.1, 0.15) is 0 Å². The zero-order valence-electron chi connectivity index (χ0n) is 9.31. The minimum atomic E-state index is -0.983. The number of hydrogen-bond acceptors (Lipinski definition) is 4. The van der Waals surface area contributed by atoms with Gasteiger partial charge in [0.25, 0.3) is 5.78 Å². The van der Waals surface area contributed by atoms with Gasteiger partial charge in [-0.25, -0.2) is 8.78 Å². The van der Waals surface area contributed by atoms with E-state index in [-0.39, 0.29) is 16.6 Å². The van der Waals surface area contributed by atoms with Gasteiger partial charge < -0.3 is 5.32 Å². The van der Waals surface area contributed by atoms with Gasteiger partial charge in [-0.2, -0.15) is 19.6 Å². The van der Waals surface area contributed by atoms with Crippen LogP contribution in [0.2, 0.25) is 5.15 Å². The molecule has 0 aliphatic carbocycles. The number of nitrogens with one attached hydrogen (secondary N) is 1. The maximum Gasteiger partial charge on any atom is 0.255 e. The molecule has 5 nitrogen and oxygen atoms in total. The number of nitrogens with zero attached hydrogens (tertiary/aromatic N) is 4. The number of benzene rings is 1. The second-order valence-electron chi connectivity index (χ2n) is 3.66. The van der Waals surface area contributed by atoms with Crippen molar-refractivity contribution >= 4 is 28.9 Å². The largest absolute Gasteiger partial charge is 0.337 e. The molecule has 0 unspecified atom stereocenters. The van der Waals surface area contributed by atoms with Crippen LogP contribution < -0.4 is 5.32 Å². The lowest BCUT2D eigenvalue weighted by molar-refractivity contribution is 0.511. The summed E-state index contributed by atoms with van der Waals surface area (Å²) in [5, 5.41) is 6.78. The molecule has 0 aliphatic rings. The van der Waals surface area contributed by atoms with E-state index in [1.54, 1.807) is 0 Å². The normalized spacial score (nSPS) is 10.9. The average Bonchev–Trinajstić information content (AvgIpc) is 2.83. The van der Waals surface area contributed by atoms with Crippen molar-refractivity contribution in [2.45, 2.75) is 0 Å². The summed E-state index contributed by atoms with van der Waals surface area (Å²) in [5.41, 5.74) is -0.0286. The zero-order valence-corrected chi connectivity index (χ0v) is 10.1. The van der Waals surface area contributed by atoms with Crippen LogP contribution in [0, 0.1) is 11.6 Å². The van der Waals surface area contributed by atoms with Crippen LogP contribution in [0.25, 0.3) is 5.78 Å². The quantitative estimate of drug-likeness (QED) is 0.734. The van der Waals surface area contributed by atoms with Crippen LogP contribution in [0.3, 0.4) is 0 Å². The SMILES string of the molecule is Fc1cccc(Nc2cc(Cl)nc3ncnn23)c1F. The van der Waals surface area contributed by atoms with E-state index in [9.17, 15) is 8.78 Å². The van der Waals surface area contributed by atoms with Crippen molar-refractivity contribution in [2.75, 3.05) is 5.32 Å². The fourth-order valence-electron chi connectivity index (χ4n) is 1.61. The third-order valence-corrected chi connectivity index (χ3v) is 2.63. The van der Waals surface area contributed by atoms with Crippen molar-refractivity contribution in [1.82, 2.24) is 19.6 Å². The van der Waals surface area contributed by atoms with Crippen LogP contribution in [-0.4, -0.2) is 19.6 Å². The minimum absolute atomic E-state index is 0.0286. The molecule has 3 rings (SSSR count). The summed E-state index contributed by atoms with van der Waals surface area (Å²) in [5.74, 6) is -1.34. The number of hydrogen-bond donors (Lipinski definition) is 1. The Morgan fingerprint density at radius 1 is 1.26 bits per heavy atom. The Labute approximate surface area is 110 Å². The standard InChI is InChI=1S/C11H6ClF2N5/c12-8-4-9(19-11(18-8)15-5-16-19)17-7-3-1-2-6(13)10(7)14/h1-5,17H. The van der Waals surface area contributed by atoms with Gasteiger partial charge in [-0.15, -0.1) is 0 Å². The number of halogens is 3. The van der Waals surface area contributed by atoms with Crippen molar-refractivity contribution in [3.8, 4) is 0 Å². The van der Waals surface area contributed by atoms with Gasteiger partial charge in [-0.3, -0.25) is 0 Å². The molecule has 0 fully saturated rings. The number of anilines is 2. The fraction of sp³-hybridized carbons (Fsp3) is 0. The van der Waals surface area contributed by atoms with E-state index in [1.165, 1.54) is 29.0 Å². The van der Waals surface area contributed by atoms with Gasteiger partial charge in [0.2, 0.25) is 0 Å². The van der Waals surface area contributed by atoms with Crippen molar-refractivity contribution in [2.24, 2.45) is 0 Å². The molecule has 0 spiro atoms. The van der Waals surface area contributed by atoms with Gasteiger partial charge in [0.05, 0.1) is 5.69 Å². The summed E-state index contributed by atoms with van der Waals surface area (Å²) >= 11 is 5.82. The maximum absolute atomic E-state index is 13.6. The number of rotatable bonds is 2. The predicted molar refractivity (Wildman–Crippen MR) is 65.4 cm³/mol. The average molecular weight is 282 g/mol. The molecule has 0 aliphatic heterocycles. The minimum Gasteiger partial charge on any atom is -0.337 e. The Morgan fingerprint density at radius 3 is 2.95 bits per heavy atom. The second kappa shape index (κ2) is 4.43. The highest BCUT2D eigenvalue weighted by molar-refractivity contribution is 6.29. The lowest BCUT2D eigenvalue weighted by atomic mass is 10.3. The van der Waals surface area contributed by atoms with Gasteiger partial charge in [-0.1, -0.05) is 17.7 Å². The number of aromatic nitrogens is 4. The van der Waals surface area contributed by atoms with Gasteiger partial charge in [0, 0.05) is 6.07 Å². The zero-order chi connectivity index (χ0) is 13.4. The summed E-state index contributed by atoms with van der Waals surface area (Å²) in [6, 6.07) is 5.26. The highest BCUT2D eigenvalue weighted by Crippen LogP contribution is 2.23. The molecule has 0 saturated carbocycles. The Hall–Kier alpha value is -2.28. The molecule has 96 valence electrons. The van der Waals surface area contributed by atoms with Gasteiger partial charge in [0.1, 0.15) is 17.3 Å². The monoisotopic (exact) mass is 281 g/mol. The molecule has 0 radical (unpaired) electrons. The first-order chi connectivity index (χ1) is 9.15. The van der Waals surface area contributed by atoms with E-state index < -0.39 is 11.6 Å². The van der Waals surface area contributed by atoms with E-state index in [4.69, 9.17) is 11.6 Å². The lowest BCUT2D eigenvalue weighted by Crippen LogP contribution is -2.03. The predicted octanol–water partition coefficient (Wildman–Crippen LogP) is 2.80. The van der Waals surface area contributed by atoms with Crippen molar-refractivity contribution in [1.29, 1.82) is 0 Å². The molecular weight excluding hydrogens is 276 g/mol. The van der Waals surface area contributed by atoms with E-state index in [0.29, 0.717) is 5.82 Å². The first-order valence-corrected chi connectivity index (χ1v) is 5.60. The maximum atomic E-state index is 13.6. The third kappa shape index (κ3) is 2.08. The van der Waals surface area contributed by atoms with Crippen LogP contribution in [-0.2, 0) is 0 Å². The summed E-state index contributed by atoms with van der Waals surface area (Å²) < 4.78 is 28.0. The molecule has 8 heteroatoms. The Kier molecular flexibility index (Phi) is 2.75. The topological polar surface area (TPSA) is 55.1 Å². The van der Waals surface area contributed by atoms with E-state index in [2.05, 4.69) is 20.4 Å². The first-order valence-electron chi connectivity index (χ1n) is 5.22. The van der Waals surface area contributed by atoms with Crippen molar-refractivity contribution in [3.63, 3.8) is 0 Å². The molecule has 0 bridgehead atoms. The van der Waals surface area contributed by atoms with Crippen LogP contribution in [0.15, 0.2) is 30.6 Å². The lowest BCUT2D eigenvalue weighted by Gasteiger charge is -2.09. The molecule has 0 saturated heterocycles. The van der Waals surface area contributed by atoms with Gasteiger partial charge in [-0.05, 0) is 12.1 Å². The smallest absolute Gasteiger partial charge is 0.255 e. The van der Waals surface area contributed by atoms with Gasteiger partial charge in [0.15, 0.2) is 11.6 Å². The van der Waals surface area contributed by atoms with E-state index in [0.717, 1.165) is 6.07 Å². The Balaban J connectivity index is 2.10. The highest BCUT2D eigenvalue weighted by atomic mass is 35.5. The summed E-state index contributed by atoms with van der Waals surface area (Å²) in [7, 11) is 0. The molecule has 3 aromatic rings. The third-order valence-electron chi connectivity index (χ3n) is 2.43. The molecule has 1 N–H and O–H groups in total. The molecular formula is C11H6ClF2N5. The van der Waals surface area contributed by atoms with Crippen molar-refractivity contribution in [3.05, 3.63) is 47.4 Å². The molecule has 1 aromatic carbocycles. The van der Waals surface area contributed by atoms with Crippen LogP contribution in [0.5, 0.6) is 0 Å². The molecule has 0 amide bonds. The second-order valence-corrected chi connectivity index (χ2v) is 4.05. The fourth-order valence-corrected chi connectivity index (χ4v) is 1.79. The summed E-state index contributed by atoms with van der Waals surface area (Å²) in [6.07, 6.45) is 1.28. The van der Waals surface area contributed by atoms with Crippen molar-refractivity contribution < 1.29 is 8.78 Å². The van der Waals surface area contributed by atoms with E-state index >= 15 is 0 Å². The van der Waals surface area contributed by atoms with E-state index in [1.807, 2.05) is 0 Å². The first kappa shape index (κ1) is 11.8.